The fourth-order valence-corrected chi connectivity index (χ4v) is 5.46. The summed E-state index contributed by atoms with van der Waals surface area (Å²) >= 11 is 20.8. The van der Waals surface area contributed by atoms with Gasteiger partial charge in [-0.15, -0.1) is 11.3 Å². The van der Waals surface area contributed by atoms with Gasteiger partial charge >= 0.3 is 0 Å². The molecular formula is C22H22Cl3N3S. The molecule has 2 heterocycles. The highest BCUT2D eigenvalue weighted by molar-refractivity contribution is 7.16. The van der Waals surface area contributed by atoms with Crippen LogP contribution in [-0.2, 0) is 0 Å². The van der Waals surface area contributed by atoms with Crippen molar-refractivity contribution in [2.45, 2.75) is 39.2 Å². The van der Waals surface area contributed by atoms with Crippen LogP contribution in [0.15, 0.2) is 36.7 Å². The zero-order chi connectivity index (χ0) is 20.5. The quantitative estimate of drug-likeness (QED) is 0.355. The average molecular weight is 467 g/mol. The van der Waals surface area contributed by atoms with Gasteiger partial charge in [-0.2, -0.15) is 0 Å². The molecule has 1 fully saturated rings. The third kappa shape index (κ3) is 4.41. The first-order chi connectivity index (χ1) is 14.0. The fraction of sp³-hybridized carbons (Fsp3) is 0.364. The minimum absolute atomic E-state index is 0.213. The number of nitrogens with zero attached hydrogens (tertiary/aromatic N) is 3. The number of anilines is 1. The third-order valence-corrected chi connectivity index (χ3v) is 7.08. The lowest BCUT2D eigenvalue weighted by atomic mass is 10.0. The van der Waals surface area contributed by atoms with Gasteiger partial charge in [-0.1, -0.05) is 41.7 Å². The SMILES string of the molecule is CCCN(c1nc(-c2ccc(Cl)cc2Cl)c(C)s1)C(c1ccncc1Cl)C1CC1. The minimum Gasteiger partial charge on any atom is -0.341 e. The lowest BCUT2D eigenvalue weighted by Crippen LogP contribution is -2.31. The molecule has 0 N–H and O–H groups in total. The number of halogens is 3. The smallest absolute Gasteiger partial charge is 0.186 e. The summed E-state index contributed by atoms with van der Waals surface area (Å²) < 4.78 is 0. The van der Waals surface area contributed by atoms with Crippen molar-refractivity contribution in [3.8, 4) is 11.3 Å². The number of aromatic nitrogens is 2. The number of aryl methyl sites for hydroxylation is 1. The van der Waals surface area contributed by atoms with Gasteiger partial charge in [0.1, 0.15) is 0 Å². The van der Waals surface area contributed by atoms with Crippen molar-refractivity contribution in [1.82, 2.24) is 9.97 Å². The Kier molecular flexibility index (Phi) is 6.35. The predicted molar refractivity (Wildman–Crippen MR) is 125 cm³/mol. The van der Waals surface area contributed by atoms with Crippen LogP contribution in [0.25, 0.3) is 11.3 Å². The van der Waals surface area contributed by atoms with E-state index in [4.69, 9.17) is 39.8 Å². The Balaban J connectivity index is 1.77. The maximum atomic E-state index is 6.55. The Bertz CT molecular complexity index is 1020. The van der Waals surface area contributed by atoms with E-state index in [0.29, 0.717) is 16.0 Å². The Morgan fingerprint density at radius 2 is 1.97 bits per heavy atom. The lowest BCUT2D eigenvalue weighted by molar-refractivity contribution is 0.551. The van der Waals surface area contributed by atoms with Crippen LogP contribution in [0.3, 0.4) is 0 Å². The highest BCUT2D eigenvalue weighted by Crippen LogP contribution is 2.49. The van der Waals surface area contributed by atoms with E-state index < -0.39 is 0 Å². The average Bonchev–Trinajstić information content (AvgIpc) is 3.45. The highest BCUT2D eigenvalue weighted by atomic mass is 35.5. The Labute approximate surface area is 190 Å². The molecule has 0 radical (unpaired) electrons. The van der Waals surface area contributed by atoms with Gasteiger partial charge < -0.3 is 4.90 Å². The van der Waals surface area contributed by atoms with Crippen molar-refractivity contribution in [3.63, 3.8) is 0 Å². The monoisotopic (exact) mass is 465 g/mol. The molecular weight excluding hydrogens is 445 g/mol. The maximum Gasteiger partial charge on any atom is 0.186 e. The second-order valence-electron chi connectivity index (χ2n) is 7.40. The van der Waals surface area contributed by atoms with Crippen LogP contribution in [-0.4, -0.2) is 16.5 Å². The minimum atomic E-state index is 0.213. The van der Waals surface area contributed by atoms with Gasteiger partial charge in [-0.25, -0.2) is 4.98 Å². The van der Waals surface area contributed by atoms with Crippen LogP contribution in [0.2, 0.25) is 15.1 Å². The summed E-state index contributed by atoms with van der Waals surface area (Å²) in [4.78, 5) is 12.8. The van der Waals surface area contributed by atoms with E-state index in [1.807, 2.05) is 24.4 Å². The van der Waals surface area contributed by atoms with Gasteiger partial charge in [0, 0.05) is 34.4 Å². The molecule has 1 aromatic carbocycles. The van der Waals surface area contributed by atoms with Crippen LogP contribution >= 0.6 is 46.1 Å². The lowest BCUT2D eigenvalue weighted by Gasteiger charge is -2.32. The normalized spacial score (nSPS) is 14.8. The molecule has 0 amide bonds. The number of hydrogen-bond acceptors (Lipinski definition) is 4. The molecule has 1 aliphatic rings. The van der Waals surface area contributed by atoms with Crippen molar-refractivity contribution in [2.75, 3.05) is 11.4 Å². The first-order valence-electron chi connectivity index (χ1n) is 9.78. The molecule has 7 heteroatoms. The summed E-state index contributed by atoms with van der Waals surface area (Å²) in [5, 5.41) is 2.98. The number of hydrogen-bond donors (Lipinski definition) is 0. The molecule has 4 rings (SSSR count). The van der Waals surface area contributed by atoms with Crippen LogP contribution in [0.5, 0.6) is 0 Å². The number of pyridine rings is 1. The molecule has 0 saturated heterocycles. The molecule has 0 bridgehead atoms. The molecule has 152 valence electrons. The summed E-state index contributed by atoms with van der Waals surface area (Å²) in [5.74, 6) is 0.591. The molecule has 0 aliphatic heterocycles. The van der Waals surface area contributed by atoms with E-state index in [1.165, 1.54) is 12.8 Å². The van der Waals surface area contributed by atoms with Crippen LogP contribution < -0.4 is 4.90 Å². The van der Waals surface area contributed by atoms with E-state index >= 15 is 0 Å². The van der Waals surface area contributed by atoms with E-state index in [-0.39, 0.29) is 6.04 Å². The first-order valence-corrected chi connectivity index (χ1v) is 11.7. The van der Waals surface area contributed by atoms with Crippen molar-refractivity contribution >= 4 is 51.3 Å². The van der Waals surface area contributed by atoms with E-state index in [2.05, 4.69) is 23.7 Å². The van der Waals surface area contributed by atoms with Crippen molar-refractivity contribution in [3.05, 3.63) is 62.2 Å². The third-order valence-electron chi connectivity index (χ3n) is 5.21. The Morgan fingerprint density at radius 3 is 2.62 bits per heavy atom. The van der Waals surface area contributed by atoms with Crippen LogP contribution in [0, 0.1) is 12.8 Å². The number of rotatable bonds is 7. The van der Waals surface area contributed by atoms with Gasteiger partial charge in [0.2, 0.25) is 0 Å². The number of thiazole rings is 1. The van der Waals surface area contributed by atoms with Gasteiger partial charge in [0.05, 0.1) is 21.8 Å². The Morgan fingerprint density at radius 1 is 1.17 bits per heavy atom. The van der Waals surface area contributed by atoms with Crippen molar-refractivity contribution in [1.29, 1.82) is 0 Å². The maximum absolute atomic E-state index is 6.55. The standard InChI is InChI=1S/C22H22Cl3N3S/c1-3-10-28(21(14-4-5-14)17-8-9-26-12-19(17)25)22-27-20(13(2)29-22)16-7-6-15(23)11-18(16)24/h6-9,11-12,14,21H,3-5,10H2,1-2H3. The topological polar surface area (TPSA) is 29.0 Å². The van der Waals surface area contributed by atoms with Crippen LogP contribution in [0.4, 0.5) is 5.13 Å². The molecule has 0 spiro atoms. The highest BCUT2D eigenvalue weighted by Gasteiger charge is 2.38. The van der Waals surface area contributed by atoms with Gasteiger partial charge in [-0.05, 0) is 61.9 Å². The van der Waals surface area contributed by atoms with E-state index in [9.17, 15) is 0 Å². The van der Waals surface area contributed by atoms with Crippen LogP contribution in [0.1, 0.15) is 42.7 Å². The fourth-order valence-electron chi connectivity index (χ4n) is 3.75. The predicted octanol–water partition coefficient (Wildman–Crippen LogP) is 7.84. The van der Waals surface area contributed by atoms with E-state index in [0.717, 1.165) is 44.8 Å². The molecule has 2 aromatic heterocycles. The molecule has 3 nitrogen and oxygen atoms in total. The summed E-state index contributed by atoms with van der Waals surface area (Å²) in [6.07, 6.45) is 7.02. The molecule has 29 heavy (non-hydrogen) atoms. The zero-order valence-electron chi connectivity index (χ0n) is 16.3. The second kappa shape index (κ2) is 8.81. The van der Waals surface area contributed by atoms with Gasteiger partial charge in [0.15, 0.2) is 5.13 Å². The Hall–Kier alpha value is -1.33. The number of benzene rings is 1. The van der Waals surface area contributed by atoms with Crippen molar-refractivity contribution in [2.24, 2.45) is 5.92 Å². The summed E-state index contributed by atoms with van der Waals surface area (Å²) in [6, 6.07) is 7.83. The molecule has 1 aliphatic carbocycles. The molecule has 1 atom stereocenters. The summed E-state index contributed by atoms with van der Waals surface area (Å²) in [5.41, 5.74) is 2.97. The second-order valence-corrected chi connectivity index (χ2v) is 9.83. The molecule has 1 saturated carbocycles. The van der Waals surface area contributed by atoms with Gasteiger partial charge in [-0.3, -0.25) is 4.98 Å². The van der Waals surface area contributed by atoms with E-state index in [1.54, 1.807) is 23.6 Å². The molecule has 3 aromatic rings. The first kappa shape index (κ1) is 20.9. The van der Waals surface area contributed by atoms with Crippen molar-refractivity contribution < 1.29 is 0 Å². The molecule has 1 unspecified atom stereocenters. The van der Waals surface area contributed by atoms with Gasteiger partial charge in [0.25, 0.3) is 0 Å². The zero-order valence-corrected chi connectivity index (χ0v) is 19.4. The summed E-state index contributed by atoms with van der Waals surface area (Å²) in [6.45, 7) is 5.21. The largest absolute Gasteiger partial charge is 0.341 e. The summed E-state index contributed by atoms with van der Waals surface area (Å²) in [7, 11) is 0.